The largest absolute Gasteiger partial charge is 0.320 e. The minimum Gasteiger partial charge on any atom is -0.320 e. The molecule has 0 saturated heterocycles. The molecule has 0 saturated carbocycles. The van der Waals surface area contributed by atoms with E-state index in [0.29, 0.717) is 6.42 Å². The molecule has 2 N–H and O–H groups in total. The zero-order chi connectivity index (χ0) is 10.3. The molecule has 0 fully saturated rings. The number of likely N-dealkylation sites (N-methyl/N-ethyl adjacent to an activating group) is 1. The summed E-state index contributed by atoms with van der Waals surface area (Å²) < 4.78 is 0. The zero-order valence-electron chi connectivity index (χ0n) is 8.28. The summed E-state index contributed by atoms with van der Waals surface area (Å²) in [6, 6.07) is -0.373. The molecule has 0 bridgehead atoms. The average Bonchev–Trinajstić information content (AvgIpc) is 2.49. The molecule has 5 heteroatoms. The molecule has 1 aliphatic heterocycles. The van der Waals surface area contributed by atoms with E-state index in [1.807, 2.05) is 6.92 Å². The van der Waals surface area contributed by atoms with Crippen molar-refractivity contribution in [2.24, 2.45) is 5.73 Å². The van der Waals surface area contributed by atoms with E-state index in [1.165, 1.54) is 0 Å². The van der Waals surface area contributed by atoms with Gasteiger partial charge in [0.05, 0.1) is 16.7 Å². The number of aromatic nitrogens is 1. The second kappa shape index (κ2) is 3.33. The second-order valence-corrected chi connectivity index (χ2v) is 4.71. The van der Waals surface area contributed by atoms with E-state index in [1.54, 1.807) is 23.3 Å². The van der Waals surface area contributed by atoms with Gasteiger partial charge in [0.25, 0.3) is 0 Å². The summed E-state index contributed by atoms with van der Waals surface area (Å²) in [4.78, 5) is 17.7. The lowest BCUT2D eigenvalue weighted by Crippen LogP contribution is -2.40. The number of carbonyl (C=O) groups excluding carboxylic acids is 1. The van der Waals surface area contributed by atoms with E-state index in [4.69, 9.17) is 5.73 Å². The Morgan fingerprint density at radius 2 is 2.36 bits per heavy atom. The quantitative estimate of drug-likeness (QED) is 0.686. The SMILES string of the molecule is Cc1nc2c(s1)N(C)C(=O)C(N)CC2. The Labute approximate surface area is 86.7 Å². The van der Waals surface area contributed by atoms with Crippen molar-refractivity contribution >= 4 is 22.2 Å². The van der Waals surface area contributed by atoms with Crippen LogP contribution in [-0.4, -0.2) is 24.0 Å². The van der Waals surface area contributed by atoms with Gasteiger partial charge in [-0.1, -0.05) is 0 Å². The first-order chi connectivity index (χ1) is 6.59. The van der Waals surface area contributed by atoms with Gasteiger partial charge in [0.1, 0.15) is 5.00 Å². The average molecular weight is 211 g/mol. The molecule has 0 radical (unpaired) electrons. The summed E-state index contributed by atoms with van der Waals surface area (Å²) in [6.45, 7) is 1.96. The molecule has 0 spiro atoms. The lowest BCUT2D eigenvalue weighted by Gasteiger charge is -2.16. The number of thiazole rings is 1. The third-order valence-electron chi connectivity index (χ3n) is 2.43. The highest BCUT2D eigenvalue weighted by Gasteiger charge is 2.27. The normalized spacial score (nSPS) is 22.1. The predicted molar refractivity (Wildman–Crippen MR) is 56.6 cm³/mol. The van der Waals surface area contributed by atoms with Gasteiger partial charge in [-0.3, -0.25) is 4.79 Å². The Hall–Kier alpha value is -0.940. The molecule has 2 heterocycles. The van der Waals surface area contributed by atoms with Gasteiger partial charge in [-0.05, 0) is 19.8 Å². The Bertz CT molecular complexity index is 374. The Morgan fingerprint density at radius 3 is 3.07 bits per heavy atom. The topological polar surface area (TPSA) is 59.2 Å². The molecule has 1 aromatic rings. The molecule has 4 nitrogen and oxygen atoms in total. The van der Waals surface area contributed by atoms with Crippen LogP contribution in [0.4, 0.5) is 5.00 Å². The Kier molecular flexibility index (Phi) is 2.28. The molecule has 1 aromatic heterocycles. The number of fused-ring (bicyclic) bond motifs is 1. The molecule has 76 valence electrons. The van der Waals surface area contributed by atoms with E-state index in [9.17, 15) is 4.79 Å². The maximum atomic E-state index is 11.7. The van der Waals surface area contributed by atoms with Crippen LogP contribution in [0.5, 0.6) is 0 Å². The van der Waals surface area contributed by atoms with Gasteiger partial charge in [0.2, 0.25) is 5.91 Å². The summed E-state index contributed by atoms with van der Waals surface area (Å²) >= 11 is 1.56. The number of nitrogens with two attached hydrogens (primary N) is 1. The van der Waals surface area contributed by atoms with E-state index in [0.717, 1.165) is 22.1 Å². The number of aryl methyl sites for hydroxylation is 2. The summed E-state index contributed by atoms with van der Waals surface area (Å²) in [5.41, 5.74) is 6.74. The third kappa shape index (κ3) is 1.42. The van der Waals surface area contributed by atoms with Crippen LogP contribution in [0.2, 0.25) is 0 Å². The van der Waals surface area contributed by atoms with Gasteiger partial charge in [-0.2, -0.15) is 0 Å². The van der Waals surface area contributed by atoms with Crippen molar-refractivity contribution in [2.45, 2.75) is 25.8 Å². The predicted octanol–water partition coefficient (Wildman–Crippen LogP) is 0.688. The number of hydrogen-bond donors (Lipinski definition) is 1. The molecule has 1 unspecified atom stereocenters. The van der Waals surface area contributed by atoms with Crippen LogP contribution >= 0.6 is 11.3 Å². The summed E-state index contributed by atoms with van der Waals surface area (Å²) in [5.74, 6) is -0.00704. The van der Waals surface area contributed by atoms with Crippen LogP contribution < -0.4 is 10.6 Å². The number of amides is 1. The second-order valence-electron chi connectivity index (χ2n) is 3.53. The van der Waals surface area contributed by atoms with Gasteiger partial charge in [0, 0.05) is 7.05 Å². The van der Waals surface area contributed by atoms with Gasteiger partial charge in [-0.25, -0.2) is 4.98 Å². The maximum Gasteiger partial charge on any atom is 0.244 e. The number of anilines is 1. The van der Waals surface area contributed by atoms with E-state index in [2.05, 4.69) is 4.98 Å². The van der Waals surface area contributed by atoms with Crippen LogP contribution in [-0.2, 0) is 11.2 Å². The molecule has 0 aliphatic carbocycles. The van der Waals surface area contributed by atoms with Gasteiger partial charge < -0.3 is 10.6 Å². The smallest absolute Gasteiger partial charge is 0.244 e. The molecule has 1 aliphatic rings. The van der Waals surface area contributed by atoms with Crippen molar-refractivity contribution < 1.29 is 4.79 Å². The fourth-order valence-corrected chi connectivity index (χ4v) is 2.58. The van der Waals surface area contributed by atoms with Gasteiger partial charge >= 0.3 is 0 Å². The first-order valence-electron chi connectivity index (χ1n) is 4.59. The molecule has 1 amide bonds. The lowest BCUT2D eigenvalue weighted by molar-refractivity contribution is -0.119. The van der Waals surface area contributed by atoms with Crippen molar-refractivity contribution in [3.63, 3.8) is 0 Å². The zero-order valence-corrected chi connectivity index (χ0v) is 9.10. The first-order valence-corrected chi connectivity index (χ1v) is 5.40. The summed E-state index contributed by atoms with van der Waals surface area (Å²) in [5, 5.41) is 1.96. The fourth-order valence-electron chi connectivity index (χ4n) is 1.65. The monoisotopic (exact) mass is 211 g/mol. The third-order valence-corrected chi connectivity index (χ3v) is 3.52. The minimum absolute atomic E-state index is 0.00704. The summed E-state index contributed by atoms with van der Waals surface area (Å²) in [6.07, 6.45) is 1.50. The molecular formula is C9H13N3OS. The maximum absolute atomic E-state index is 11.7. The van der Waals surface area contributed by atoms with E-state index in [-0.39, 0.29) is 11.9 Å². The van der Waals surface area contributed by atoms with Crippen LogP contribution in [0.3, 0.4) is 0 Å². The van der Waals surface area contributed by atoms with Crippen molar-refractivity contribution in [3.8, 4) is 0 Å². The van der Waals surface area contributed by atoms with Crippen LogP contribution in [0.1, 0.15) is 17.1 Å². The number of rotatable bonds is 0. The molecule has 0 aromatic carbocycles. The van der Waals surface area contributed by atoms with E-state index < -0.39 is 0 Å². The highest BCUT2D eigenvalue weighted by atomic mass is 32.1. The minimum atomic E-state index is -0.373. The highest BCUT2D eigenvalue weighted by molar-refractivity contribution is 7.16. The number of carbonyl (C=O) groups is 1. The molecule has 1 atom stereocenters. The van der Waals surface area contributed by atoms with Crippen LogP contribution in [0.15, 0.2) is 0 Å². The van der Waals surface area contributed by atoms with Crippen molar-refractivity contribution in [2.75, 3.05) is 11.9 Å². The molecule has 2 rings (SSSR count). The van der Waals surface area contributed by atoms with Crippen LogP contribution in [0, 0.1) is 6.92 Å². The molecular weight excluding hydrogens is 198 g/mol. The fraction of sp³-hybridized carbons (Fsp3) is 0.556. The Balaban J connectivity index is 2.43. The van der Waals surface area contributed by atoms with Crippen LogP contribution in [0.25, 0.3) is 0 Å². The van der Waals surface area contributed by atoms with E-state index >= 15 is 0 Å². The highest BCUT2D eigenvalue weighted by Crippen LogP contribution is 2.31. The van der Waals surface area contributed by atoms with Gasteiger partial charge in [0.15, 0.2) is 0 Å². The van der Waals surface area contributed by atoms with Gasteiger partial charge in [-0.15, -0.1) is 11.3 Å². The number of hydrogen-bond acceptors (Lipinski definition) is 4. The first kappa shape index (κ1) is 9.61. The van der Waals surface area contributed by atoms with Crippen molar-refractivity contribution in [1.29, 1.82) is 0 Å². The lowest BCUT2D eigenvalue weighted by atomic mass is 10.1. The molecule has 14 heavy (non-hydrogen) atoms. The Morgan fingerprint density at radius 1 is 1.64 bits per heavy atom. The summed E-state index contributed by atoms with van der Waals surface area (Å²) in [7, 11) is 1.77. The van der Waals surface area contributed by atoms with Crippen molar-refractivity contribution in [1.82, 2.24) is 4.98 Å². The van der Waals surface area contributed by atoms with Crippen molar-refractivity contribution in [3.05, 3.63) is 10.7 Å². The number of nitrogens with zero attached hydrogens (tertiary/aromatic N) is 2. The standard InChI is InChI=1S/C9H13N3OS/c1-5-11-7-4-3-6(10)8(13)12(2)9(7)14-5/h6H,3-4,10H2,1-2H3.